The van der Waals surface area contributed by atoms with Gasteiger partial charge in [0.1, 0.15) is 11.6 Å². The highest BCUT2D eigenvalue weighted by Gasteiger charge is 2.17. The zero-order chi connectivity index (χ0) is 37.7. The van der Waals surface area contributed by atoms with Gasteiger partial charge in [-0.05, 0) is 97.8 Å². The average molecular weight is 827 g/mol. The van der Waals surface area contributed by atoms with E-state index < -0.39 is 6.09 Å². The Morgan fingerprint density at radius 1 is 0.692 bits per heavy atom. The molecule has 0 fully saturated rings. The van der Waals surface area contributed by atoms with Crippen LogP contribution in [0, 0.1) is 13.8 Å². The van der Waals surface area contributed by atoms with Crippen LogP contribution in [0.3, 0.4) is 0 Å². The highest BCUT2D eigenvalue weighted by Crippen LogP contribution is 2.32. The number of fused-ring (bicyclic) bond motifs is 1. The topological polar surface area (TPSA) is 121 Å². The first-order valence-electron chi connectivity index (χ1n) is 16.2. The number of carbonyl (C=O) groups excluding carboxylic acids is 3. The van der Waals surface area contributed by atoms with Gasteiger partial charge < -0.3 is 19.5 Å². The van der Waals surface area contributed by atoms with Crippen LogP contribution in [0.1, 0.15) is 43.2 Å². The quantitative estimate of drug-likeness (QED) is 0.146. The summed E-state index contributed by atoms with van der Waals surface area (Å²) in [5, 5.41) is 3.71. The normalized spacial score (nSPS) is 10.6. The number of carbonyl (C=O) groups is 3. The van der Waals surface area contributed by atoms with E-state index in [0.29, 0.717) is 33.8 Å². The molecule has 3 aromatic carbocycles. The van der Waals surface area contributed by atoms with Crippen LogP contribution in [0.25, 0.3) is 22.0 Å². The molecule has 12 heteroatoms. The highest BCUT2D eigenvalue weighted by molar-refractivity contribution is 9.11. The third-order valence-electron chi connectivity index (χ3n) is 7.98. The van der Waals surface area contributed by atoms with E-state index in [1.165, 1.54) is 7.11 Å². The van der Waals surface area contributed by atoms with Gasteiger partial charge in [-0.1, -0.05) is 44.0 Å². The molecule has 52 heavy (non-hydrogen) atoms. The fourth-order valence-corrected chi connectivity index (χ4v) is 6.83. The molecule has 0 saturated heterocycles. The van der Waals surface area contributed by atoms with Gasteiger partial charge in [-0.3, -0.25) is 14.9 Å². The van der Waals surface area contributed by atoms with Gasteiger partial charge in [0.25, 0.3) is 0 Å². The fraction of sp³-hybridized carbons (Fsp3) is 0.175. The van der Waals surface area contributed by atoms with Gasteiger partial charge >= 0.3 is 6.09 Å². The summed E-state index contributed by atoms with van der Waals surface area (Å²) < 4.78 is 6.49. The Hall–Kier alpha value is -5.33. The molecule has 0 saturated carbocycles. The molecule has 3 heterocycles. The molecule has 6 aromatic rings. The second-order valence-electron chi connectivity index (χ2n) is 12.5. The van der Waals surface area contributed by atoms with Crippen LogP contribution in [-0.2, 0) is 4.74 Å². The molecule has 0 aliphatic carbocycles. The molecular weight excluding hydrogens is 788 g/mol. The average Bonchev–Trinajstić information content (AvgIpc) is 3.59. The Balaban J connectivity index is 0.000000225. The van der Waals surface area contributed by atoms with Gasteiger partial charge in [-0.2, -0.15) is 0 Å². The van der Waals surface area contributed by atoms with Crippen LogP contribution in [0.15, 0.2) is 100 Å². The number of ether oxygens (including phenoxy) is 1. The van der Waals surface area contributed by atoms with Crippen molar-refractivity contribution in [2.75, 3.05) is 50.4 Å². The number of methoxy groups -OCH3 is 1. The lowest BCUT2D eigenvalue weighted by atomic mass is 9.95. The van der Waals surface area contributed by atoms with Gasteiger partial charge in [0.05, 0.1) is 7.11 Å². The molecule has 10 nitrogen and oxygen atoms in total. The minimum Gasteiger partial charge on any atom is -0.453 e. The van der Waals surface area contributed by atoms with Crippen LogP contribution < -0.4 is 15.1 Å². The van der Waals surface area contributed by atoms with Crippen LogP contribution >= 0.6 is 31.9 Å². The molecule has 3 aromatic heterocycles. The number of anilines is 3. The number of nitrogens with zero attached hydrogens (tertiary/aromatic N) is 4. The lowest BCUT2D eigenvalue weighted by molar-refractivity contribution is 0.103. The maximum atomic E-state index is 13.5. The number of H-pyrrole nitrogens is 1. The first kappa shape index (κ1) is 37.9. The van der Waals surface area contributed by atoms with E-state index >= 15 is 0 Å². The van der Waals surface area contributed by atoms with Gasteiger partial charge in [0.15, 0.2) is 11.6 Å². The number of aromatic amines is 1. The minimum absolute atomic E-state index is 0.0133. The fourth-order valence-electron chi connectivity index (χ4n) is 5.53. The van der Waals surface area contributed by atoms with Crippen molar-refractivity contribution in [2.45, 2.75) is 13.8 Å². The summed E-state index contributed by atoms with van der Waals surface area (Å²) in [6.45, 7) is 3.75. The Bertz CT molecular complexity index is 2280. The van der Waals surface area contributed by atoms with Crippen molar-refractivity contribution < 1.29 is 19.1 Å². The first-order valence-corrected chi connectivity index (χ1v) is 17.7. The largest absolute Gasteiger partial charge is 0.453 e. The number of nitrogens with one attached hydrogen (secondary N) is 2. The number of benzene rings is 3. The molecule has 6 rings (SSSR count). The molecule has 0 aliphatic heterocycles. The summed E-state index contributed by atoms with van der Waals surface area (Å²) in [5.41, 5.74) is 7.07. The van der Waals surface area contributed by atoms with Crippen molar-refractivity contribution in [1.29, 1.82) is 0 Å². The third kappa shape index (κ3) is 9.12. The number of aryl methyl sites for hydroxylation is 2. The number of pyridine rings is 2. The molecule has 2 N–H and O–H groups in total. The highest BCUT2D eigenvalue weighted by atomic mass is 79.9. The number of hydrogen-bond donors (Lipinski definition) is 2. The minimum atomic E-state index is -0.602. The standard InChI is InChI=1S/C25H24N4O3.C15H14Br2N2O/c1-15-10-17(14-23(27-15)29(2)3)24(30)18-11-16(12-19(13-18)28-25(31)32-4)20-6-5-7-22-21(20)8-9-26-22;1-9-4-10(7-14(18-9)19(2)3)15(20)11-5-12(16)8-13(17)6-11/h5-14,26H,1-4H3,(H,28,31);4-8H,1-3H3. The second-order valence-corrected chi connectivity index (χ2v) is 14.3. The predicted molar refractivity (Wildman–Crippen MR) is 215 cm³/mol. The van der Waals surface area contributed by atoms with Crippen molar-refractivity contribution in [1.82, 2.24) is 15.0 Å². The Morgan fingerprint density at radius 2 is 1.23 bits per heavy atom. The summed E-state index contributed by atoms with van der Waals surface area (Å²) in [5.74, 6) is 1.31. The van der Waals surface area contributed by atoms with E-state index in [1.54, 1.807) is 18.2 Å². The number of amides is 1. The maximum Gasteiger partial charge on any atom is 0.411 e. The lowest BCUT2D eigenvalue weighted by Gasteiger charge is -2.14. The number of ketones is 2. The summed E-state index contributed by atoms with van der Waals surface area (Å²) >= 11 is 6.81. The molecule has 0 aliphatic rings. The van der Waals surface area contributed by atoms with Crippen LogP contribution in [0.4, 0.5) is 22.1 Å². The predicted octanol–water partition coefficient (Wildman–Crippen LogP) is 9.23. The molecule has 0 unspecified atom stereocenters. The zero-order valence-corrected chi connectivity index (χ0v) is 33.0. The van der Waals surface area contributed by atoms with Crippen molar-refractivity contribution in [3.8, 4) is 11.1 Å². The molecular formula is C40H38Br2N6O4. The molecule has 0 radical (unpaired) electrons. The summed E-state index contributed by atoms with van der Waals surface area (Å²) in [7, 11) is 8.88. The second kappa shape index (κ2) is 16.3. The van der Waals surface area contributed by atoms with E-state index in [2.05, 4.69) is 52.1 Å². The van der Waals surface area contributed by atoms with Crippen molar-refractivity contribution in [3.63, 3.8) is 0 Å². The lowest BCUT2D eigenvalue weighted by Crippen LogP contribution is -2.14. The Kier molecular flexibility index (Phi) is 11.9. The van der Waals surface area contributed by atoms with Gasteiger partial charge in [-0.25, -0.2) is 14.8 Å². The number of rotatable bonds is 8. The molecule has 0 spiro atoms. The van der Waals surface area contributed by atoms with Crippen LogP contribution in [0.2, 0.25) is 0 Å². The smallest absolute Gasteiger partial charge is 0.411 e. The first-order chi connectivity index (χ1) is 24.7. The van der Waals surface area contributed by atoms with Crippen molar-refractivity contribution >= 4 is 77.7 Å². The number of hydrogen-bond acceptors (Lipinski definition) is 8. The SMILES string of the molecule is COC(=O)Nc1cc(C(=O)c2cc(C)nc(N(C)C)c2)cc(-c2cccc3[nH]ccc23)c1.Cc1cc(C(=O)c2cc(Br)cc(Br)c2)cc(N(C)C)n1. The molecule has 1 amide bonds. The Labute approximate surface area is 319 Å². The van der Waals surface area contributed by atoms with Gasteiger partial charge in [0, 0.05) is 93.6 Å². The van der Waals surface area contributed by atoms with E-state index in [0.717, 1.165) is 48.2 Å². The van der Waals surface area contributed by atoms with E-state index in [9.17, 15) is 14.4 Å². The van der Waals surface area contributed by atoms with E-state index in [-0.39, 0.29) is 11.6 Å². The Morgan fingerprint density at radius 3 is 1.77 bits per heavy atom. The van der Waals surface area contributed by atoms with Crippen molar-refractivity contribution in [2.24, 2.45) is 0 Å². The van der Waals surface area contributed by atoms with Crippen molar-refractivity contribution in [3.05, 3.63) is 134 Å². The zero-order valence-electron chi connectivity index (χ0n) is 29.8. The summed E-state index contributed by atoms with van der Waals surface area (Å²) in [4.78, 5) is 53.8. The van der Waals surface area contributed by atoms with E-state index in [4.69, 9.17) is 4.74 Å². The summed E-state index contributed by atoms with van der Waals surface area (Å²) in [6.07, 6.45) is 1.27. The summed E-state index contributed by atoms with van der Waals surface area (Å²) in [6, 6.07) is 25.9. The maximum absolute atomic E-state index is 13.5. The van der Waals surface area contributed by atoms with E-state index in [1.807, 2.05) is 125 Å². The van der Waals surface area contributed by atoms with Crippen LogP contribution in [-0.4, -0.2) is 67.9 Å². The molecule has 266 valence electrons. The third-order valence-corrected chi connectivity index (χ3v) is 8.89. The number of aromatic nitrogens is 3. The van der Waals surface area contributed by atoms with Crippen LogP contribution in [0.5, 0.6) is 0 Å². The van der Waals surface area contributed by atoms with Gasteiger partial charge in [-0.15, -0.1) is 0 Å². The van der Waals surface area contributed by atoms with Gasteiger partial charge in [0.2, 0.25) is 0 Å². The monoisotopic (exact) mass is 824 g/mol. The molecule has 0 atom stereocenters. The molecule has 0 bridgehead atoms. The number of halogens is 2.